The fourth-order valence-corrected chi connectivity index (χ4v) is 12.2. The molecule has 101 heavy (non-hydrogen) atoms. The molecule has 12 nitrogen and oxygen atoms in total. The summed E-state index contributed by atoms with van der Waals surface area (Å²) in [5.41, 5.74) is 11.4. The van der Waals surface area contributed by atoms with Gasteiger partial charge in [-0.1, -0.05) is 163 Å². The Morgan fingerprint density at radius 2 is 0.762 bits per heavy atom. The Morgan fingerprint density at radius 1 is 0.426 bits per heavy atom. The number of halogens is 1. The maximum Gasteiger partial charge on any atom is 0.133 e. The molecule has 0 aliphatic heterocycles. The van der Waals surface area contributed by atoms with Gasteiger partial charge in [-0.15, -0.1) is 6.42 Å². The summed E-state index contributed by atoms with van der Waals surface area (Å²) in [4.78, 5) is 0. The molecule has 1 unspecified atom stereocenters. The van der Waals surface area contributed by atoms with Gasteiger partial charge in [-0.3, -0.25) is 0 Å². The first kappa shape index (κ1) is 83.1. The standard InChI is InChI=1S/C36H53FO4.C27H38O4.C25H32O4/c1-6-36(5,37)29-17-19-33(20-18-29)38-21-22-39-34-27(25-40-31-13-9-7-10-14-31)23-30(35(2,3)4)24-28(34)26-41-32-15-11-8-12-16-32;1-7-21-17-22(19-28-9-3)26(23(18-21)20-29-10-4)31-16-15-30-25-13-11-24(12-14-25)27(5,6)8-2;1-7-19-15-20(17-26-5)24(21(16-19)18-27-6)29-14-13-28-23-11-9-22(10-12-23)25(3,4)8-2/h17-20,23-24,31-32H,6-16,21-22,25-26H2,1-5H3;7,11-14,17-18H,1,8-10,15-16,19-20H2,2-6H3;1,9-12,15-16H,8,13-14,17-18H2,2-6H3. The van der Waals surface area contributed by atoms with E-state index in [0.29, 0.717) is 122 Å². The Hall–Kier alpha value is -6.89. The molecule has 0 spiro atoms. The van der Waals surface area contributed by atoms with Gasteiger partial charge in [-0.05, 0) is 183 Å². The maximum absolute atomic E-state index is 14.6. The van der Waals surface area contributed by atoms with Gasteiger partial charge in [0.1, 0.15) is 79.8 Å². The van der Waals surface area contributed by atoms with Gasteiger partial charge in [-0.25, -0.2) is 4.39 Å². The van der Waals surface area contributed by atoms with Crippen molar-refractivity contribution in [3.8, 4) is 46.8 Å². The molecule has 6 aromatic rings. The Labute approximate surface area is 608 Å². The molecular formula is C88H123FO12. The van der Waals surface area contributed by atoms with Gasteiger partial charge in [0.2, 0.25) is 0 Å². The lowest BCUT2D eigenvalue weighted by Crippen LogP contribution is -2.20. The molecule has 6 aromatic carbocycles. The first-order chi connectivity index (χ1) is 48.5. The van der Waals surface area contributed by atoms with E-state index in [-0.39, 0.29) is 16.2 Å². The quantitative estimate of drug-likeness (QED) is 0.0272. The first-order valence-corrected chi connectivity index (χ1v) is 37.3. The van der Waals surface area contributed by atoms with Gasteiger partial charge in [-0.2, -0.15) is 0 Å². The monoisotopic (exact) mass is 1390 g/mol. The Balaban J connectivity index is 0.000000243. The third kappa shape index (κ3) is 27.0. The van der Waals surface area contributed by atoms with Gasteiger partial charge < -0.3 is 56.8 Å². The summed E-state index contributed by atoms with van der Waals surface area (Å²) >= 11 is 0. The van der Waals surface area contributed by atoms with Crippen LogP contribution in [0.15, 0.2) is 116 Å². The molecule has 554 valence electrons. The second-order valence-corrected chi connectivity index (χ2v) is 29.0. The summed E-state index contributed by atoms with van der Waals surface area (Å²) in [6, 6.07) is 36.4. The van der Waals surface area contributed by atoms with Crippen molar-refractivity contribution < 1.29 is 61.2 Å². The molecule has 8 rings (SSSR count). The molecule has 0 heterocycles. The summed E-state index contributed by atoms with van der Waals surface area (Å²) in [5.74, 6) is 7.51. The van der Waals surface area contributed by atoms with E-state index in [1.165, 1.54) is 55.2 Å². The molecule has 0 bridgehead atoms. The van der Waals surface area contributed by atoms with Gasteiger partial charge in [0.25, 0.3) is 0 Å². The van der Waals surface area contributed by atoms with Crippen molar-refractivity contribution >= 4 is 6.08 Å². The molecule has 2 fully saturated rings. The second-order valence-electron chi connectivity index (χ2n) is 29.0. The smallest absolute Gasteiger partial charge is 0.133 e. The Kier molecular flexibility index (Phi) is 35.1. The zero-order chi connectivity index (χ0) is 73.3. The van der Waals surface area contributed by atoms with Crippen molar-refractivity contribution in [1.29, 1.82) is 0 Å². The van der Waals surface area contributed by atoms with Crippen molar-refractivity contribution in [2.24, 2.45) is 0 Å². The summed E-state index contributed by atoms with van der Waals surface area (Å²) in [7, 11) is 3.30. The predicted octanol–water partition coefficient (Wildman–Crippen LogP) is 21.4. The second kappa shape index (κ2) is 42.6. The molecule has 2 aliphatic carbocycles. The van der Waals surface area contributed by atoms with Crippen LogP contribution in [0.5, 0.6) is 34.5 Å². The largest absolute Gasteiger partial charge is 0.490 e. The number of hydrogen-bond donors (Lipinski definition) is 0. The van der Waals surface area contributed by atoms with Crippen LogP contribution in [0.2, 0.25) is 0 Å². The molecule has 0 radical (unpaired) electrons. The molecular weight excluding hydrogens is 1270 g/mol. The molecule has 2 aliphatic rings. The van der Waals surface area contributed by atoms with Crippen LogP contribution < -0.4 is 28.4 Å². The lowest BCUT2D eigenvalue weighted by molar-refractivity contribution is 0.0120. The van der Waals surface area contributed by atoms with E-state index in [9.17, 15) is 4.39 Å². The Morgan fingerprint density at radius 3 is 1.07 bits per heavy atom. The average molecular weight is 1390 g/mol. The fourth-order valence-electron chi connectivity index (χ4n) is 12.2. The highest BCUT2D eigenvalue weighted by molar-refractivity contribution is 5.56. The molecule has 0 amide bonds. The number of ether oxygens (including phenoxy) is 12. The number of benzene rings is 6. The van der Waals surface area contributed by atoms with E-state index in [1.807, 2.05) is 87.5 Å². The SMILES string of the molecule is C#Cc1cc(COC)c(OCCOc2ccc(C(C)(C)CC)cc2)c(COC)c1.C=Cc1cc(COCC)c(OCCOc2ccc(C(C)(C)CC)cc2)c(COCC)c1.CCC(C)(F)c1ccc(OCCOc2c(COC3CCCCC3)cc(C(C)(C)C)cc2COC2CCCCC2)cc1. The van der Waals surface area contributed by atoms with Crippen molar-refractivity contribution in [1.82, 2.24) is 0 Å². The lowest BCUT2D eigenvalue weighted by Gasteiger charge is -2.27. The summed E-state index contributed by atoms with van der Waals surface area (Å²) in [5, 5.41) is 0. The predicted molar refractivity (Wildman–Crippen MR) is 409 cm³/mol. The lowest BCUT2D eigenvalue weighted by atomic mass is 9.82. The topological polar surface area (TPSA) is 111 Å². The van der Waals surface area contributed by atoms with Gasteiger partial charge in [0.15, 0.2) is 0 Å². The summed E-state index contributed by atoms with van der Waals surface area (Å²) in [6.07, 6.45) is 22.8. The first-order valence-electron chi connectivity index (χ1n) is 37.3. The van der Waals surface area contributed by atoms with Crippen LogP contribution in [0, 0.1) is 12.3 Å². The highest BCUT2D eigenvalue weighted by atomic mass is 19.1. The van der Waals surface area contributed by atoms with Gasteiger partial charge in [0, 0.05) is 66.4 Å². The zero-order valence-corrected chi connectivity index (χ0v) is 64.3. The van der Waals surface area contributed by atoms with E-state index in [2.05, 4.69) is 123 Å². The average Bonchev–Trinajstić information content (AvgIpc) is 0.800. The van der Waals surface area contributed by atoms with Crippen LogP contribution in [0.3, 0.4) is 0 Å². The minimum Gasteiger partial charge on any atom is -0.490 e. The number of rotatable bonds is 38. The minimum absolute atomic E-state index is 0.000439. The molecule has 13 heteroatoms. The summed E-state index contributed by atoms with van der Waals surface area (Å²) < 4.78 is 85.9. The third-order valence-corrected chi connectivity index (χ3v) is 19.6. The maximum atomic E-state index is 14.6. The van der Waals surface area contributed by atoms with Gasteiger partial charge >= 0.3 is 0 Å². The normalized spacial score (nSPS) is 14.3. The van der Waals surface area contributed by atoms with E-state index in [4.69, 9.17) is 63.3 Å². The number of alkyl halides is 1. The van der Waals surface area contributed by atoms with Crippen LogP contribution in [-0.2, 0) is 90.0 Å². The zero-order valence-electron chi connectivity index (χ0n) is 64.3. The van der Waals surface area contributed by atoms with Crippen LogP contribution in [0.1, 0.15) is 240 Å². The molecule has 0 N–H and O–H groups in total. The van der Waals surface area contributed by atoms with Crippen LogP contribution in [-0.4, -0.2) is 79.3 Å². The van der Waals surface area contributed by atoms with Crippen molar-refractivity contribution in [2.45, 2.75) is 247 Å². The number of methoxy groups -OCH3 is 2. The van der Waals surface area contributed by atoms with Crippen molar-refractivity contribution in [2.75, 3.05) is 67.1 Å². The fraction of sp³-hybridized carbons (Fsp3) is 0.545. The molecule has 0 saturated heterocycles. The van der Waals surface area contributed by atoms with E-state index in [1.54, 1.807) is 21.1 Å². The molecule has 1 atom stereocenters. The van der Waals surface area contributed by atoms with E-state index < -0.39 is 5.67 Å². The third-order valence-electron chi connectivity index (χ3n) is 19.6. The number of terminal acetylenes is 1. The number of hydrogen-bond acceptors (Lipinski definition) is 12. The van der Waals surface area contributed by atoms with Crippen molar-refractivity contribution in [3.05, 3.63) is 183 Å². The molecule has 2 saturated carbocycles. The van der Waals surface area contributed by atoms with Crippen LogP contribution in [0.25, 0.3) is 6.08 Å². The Bertz CT molecular complexity index is 3300. The van der Waals surface area contributed by atoms with Gasteiger partial charge in [0.05, 0.1) is 51.8 Å². The van der Waals surface area contributed by atoms with Crippen molar-refractivity contribution in [3.63, 3.8) is 0 Å². The highest BCUT2D eigenvalue weighted by Crippen LogP contribution is 2.38. The summed E-state index contributed by atoms with van der Waals surface area (Å²) in [6.45, 7) is 38.3. The van der Waals surface area contributed by atoms with Crippen LogP contribution in [0.4, 0.5) is 4.39 Å². The van der Waals surface area contributed by atoms with Crippen LogP contribution >= 0.6 is 0 Å². The molecule has 0 aromatic heterocycles. The highest BCUT2D eigenvalue weighted by Gasteiger charge is 2.26. The minimum atomic E-state index is -1.33. The van der Waals surface area contributed by atoms with E-state index in [0.717, 1.165) is 112 Å². The van der Waals surface area contributed by atoms with E-state index >= 15 is 0 Å².